The van der Waals surface area contributed by atoms with Gasteiger partial charge in [0.25, 0.3) is 0 Å². The van der Waals surface area contributed by atoms with Crippen LogP contribution < -0.4 is 0 Å². The maximum absolute atomic E-state index is 10.5. The number of rotatable bonds is 1. The summed E-state index contributed by atoms with van der Waals surface area (Å²) >= 11 is 0. The van der Waals surface area contributed by atoms with Crippen LogP contribution >= 0.6 is 0 Å². The van der Waals surface area contributed by atoms with Gasteiger partial charge in [-0.15, -0.1) is 0 Å². The number of phenolic OH excluding ortho intramolecular Hbond substituents is 2. The van der Waals surface area contributed by atoms with Crippen molar-refractivity contribution < 1.29 is 10.2 Å². The van der Waals surface area contributed by atoms with Crippen molar-refractivity contribution in [1.29, 1.82) is 0 Å². The Morgan fingerprint density at radius 1 is 1.09 bits per heavy atom. The smallest absolute Gasteiger partial charge is 0.121 e. The largest absolute Gasteiger partial charge is 0.508 e. The summed E-state index contributed by atoms with van der Waals surface area (Å²) in [5.74, 6) is 0.574. The second-order valence-corrected chi connectivity index (χ2v) is 5.96. The second kappa shape index (κ2) is 4.78. The zero-order chi connectivity index (χ0) is 15.3. The molecule has 2 aromatic carbocycles. The van der Waals surface area contributed by atoms with Crippen LogP contribution in [0.25, 0.3) is 10.9 Å². The second-order valence-electron chi connectivity index (χ2n) is 5.96. The highest BCUT2D eigenvalue weighted by atomic mass is 16.3. The lowest BCUT2D eigenvalue weighted by Gasteiger charge is -2.28. The minimum atomic E-state index is -0.0265. The van der Waals surface area contributed by atoms with Crippen molar-refractivity contribution in [2.24, 2.45) is 0 Å². The molecule has 0 radical (unpaired) electrons. The van der Waals surface area contributed by atoms with Crippen molar-refractivity contribution in [3.63, 3.8) is 0 Å². The van der Waals surface area contributed by atoms with Crippen molar-refractivity contribution in [3.8, 4) is 11.5 Å². The third-order valence-corrected chi connectivity index (χ3v) is 4.60. The van der Waals surface area contributed by atoms with Crippen molar-refractivity contribution in [3.05, 3.63) is 59.3 Å². The van der Waals surface area contributed by atoms with Gasteiger partial charge in [0.15, 0.2) is 0 Å². The van der Waals surface area contributed by atoms with Gasteiger partial charge in [-0.1, -0.05) is 12.1 Å². The van der Waals surface area contributed by atoms with Gasteiger partial charge in [-0.05, 0) is 48.9 Å². The van der Waals surface area contributed by atoms with E-state index < -0.39 is 0 Å². The molecule has 1 unspecified atom stereocenters. The molecule has 4 heteroatoms. The minimum absolute atomic E-state index is 0.0265. The van der Waals surface area contributed by atoms with Crippen molar-refractivity contribution in [1.82, 2.24) is 9.88 Å². The molecule has 4 rings (SSSR count). The first-order valence-corrected chi connectivity index (χ1v) is 7.46. The van der Waals surface area contributed by atoms with Crippen LogP contribution in [0.4, 0.5) is 0 Å². The molecule has 4 nitrogen and oxygen atoms in total. The van der Waals surface area contributed by atoms with Crippen LogP contribution in [0.3, 0.4) is 0 Å². The summed E-state index contributed by atoms with van der Waals surface area (Å²) in [6, 6.07) is 10.9. The summed E-state index contributed by atoms with van der Waals surface area (Å²) < 4.78 is 0. The molecule has 0 spiro atoms. The first kappa shape index (κ1) is 13.2. The highest BCUT2D eigenvalue weighted by molar-refractivity contribution is 5.90. The summed E-state index contributed by atoms with van der Waals surface area (Å²) in [4.78, 5) is 5.55. The molecule has 0 saturated heterocycles. The van der Waals surface area contributed by atoms with Crippen molar-refractivity contribution in [2.75, 3.05) is 13.6 Å². The summed E-state index contributed by atoms with van der Waals surface area (Å²) in [6.45, 7) is 0.909. The monoisotopic (exact) mass is 294 g/mol. The Morgan fingerprint density at radius 3 is 2.64 bits per heavy atom. The van der Waals surface area contributed by atoms with Crippen LogP contribution in [0.2, 0.25) is 0 Å². The van der Waals surface area contributed by atoms with E-state index in [9.17, 15) is 10.2 Å². The van der Waals surface area contributed by atoms with Gasteiger partial charge in [0.05, 0.1) is 6.04 Å². The number of nitrogens with zero attached hydrogens (tertiary/aromatic N) is 1. The van der Waals surface area contributed by atoms with Gasteiger partial charge in [0.2, 0.25) is 0 Å². The van der Waals surface area contributed by atoms with Crippen molar-refractivity contribution >= 4 is 10.9 Å². The molecule has 22 heavy (non-hydrogen) atoms. The molecule has 0 fully saturated rings. The third kappa shape index (κ3) is 1.88. The molecule has 112 valence electrons. The fourth-order valence-electron chi connectivity index (χ4n) is 3.51. The van der Waals surface area contributed by atoms with Crippen molar-refractivity contribution in [2.45, 2.75) is 12.5 Å². The van der Waals surface area contributed by atoms with E-state index in [1.807, 2.05) is 24.4 Å². The zero-order valence-electron chi connectivity index (χ0n) is 12.4. The Kier molecular flexibility index (Phi) is 2.87. The maximum Gasteiger partial charge on any atom is 0.121 e. The van der Waals surface area contributed by atoms with Crippen LogP contribution in [0.5, 0.6) is 11.5 Å². The lowest BCUT2D eigenvalue weighted by atomic mass is 9.93. The number of aromatic amines is 1. The number of aromatic hydroxyl groups is 2. The highest BCUT2D eigenvalue weighted by Gasteiger charge is 2.28. The Hall–Kier alpha value is -2.46. The molecule has 0 amide bonds. The van der Waals surface area contributed by atoms with E-state index in [4.69, 9.17) is 0 Å². The van der Waals surface area contributed by atoms with Crippen LogP contribution in [0.15, 0.2) is 42.6 Å². The van der Waals surface area contributed by atoms with Gasteiger partial charge in [-0.3, -0.25) is 4.90 Å². The fourth-order valence-corrected chi connectivity index (χ4v) is 3.51. The number of hydrogen-bond donors (Lipinski definition) is 3. The van der Waals surface area contributed by atoms with Crippen LogP contribution in [0, 0.1) is 0 Å². The molecule has 0 aliphatic carbocycles. The quantitative estimate of drug-likeness (QED) is 0.646. The average Bonchev–Trinajstić information content (AvgIpc) is 2.86. The number of nitrogens with one attached hydrogen (secondary N) is 1. The fraction of sp³-hybridized carbons (Fsp3) is 0.222. The van der Waals surface area contributed by atoms with Crippen LogP contribution in [-0.4, -0.2) is 33.7 Å². The molecule has 0 saturated carbocycles. The van der Waals surface area contributed by atoms with E-state index >= 15 is 0 Å². The van der Waals surface area contributed by atoms with Gasteiger partial charge in [0.1, 0.15) is 11.5 Å². The summed E-state index contributed by atoms with van der Waals surface area (Å²) in [5, 5.41) is 21.2. The first-order chi connectivity index (χ1) is 10.6. The average molecular weight is 294 g/mol. The zero-order valence-corrected chi connectivity index (χ0v) is 12.4. The lowest BCUT2D eigenvalue weighted by Crippen LogP contribution is -2.26. The van der Waals surface area contributed by atoms with E-state index in [1.165, 1.54) is 5.56 Å². The number of hydrogen-bond acceptors (Lipinski definition) is 3. The summed E-state index contributed by atoms with van der Waals surface area (Å²) in [5.41, 5.74) is 4.31. The Bertz CT molecular complexity index is 836. The molecule has 1 aromatic heterocycles. The molecule has 2 heterocycles. The van der Waals surface area contributed by atoms with Gasteiger partial charge < -0.3 is 15.2 Å². The first-order valence-electron chi connectivity index (χ1n) is 7.46. The van der Waals surface area contributed by atoms with Crippen LogP contribution in [-0.2, 0) is 6.42 Å². The van der Waals surface area contributed by atoms with Gasteiger partial charge in [-0.25, -0.2) is 0 Å². The Morgan fingerprint density at radius 2 is 1.86 bits per heavy atom. The molecule has 3 N–H and O–H groups in total. The Labute approximate surface area is 128 Å². The highest BCUT2D eigenvalue weighted by Crippen LogP contribution is 2.42. The molecule has 1 aliphatic rings. The maximum atomic E-state index is 10.5. The van der Waals surface area contributed by atoms with Crippen LogP contribution in [0.1, 0.15) is 22.7 Å². The number of likely N-dealkylation sites (N-methyl/N-ethyl adjacent to an activating group) is 1. The predicted molar refractivity (Wildman–Crippen MR) is 86.2 cm³/mol. The molecular weight excluding hydrogens is 276 g/mol. The van der Waals surface area contributed by atoms with E-state index in [-0.39, 0.29) is 11.8 Å². The summed E-state index contributed by atoms with van der Waals surface area (Å²) in [7, 11) is 2.07. The number of H-pyrrole nitrogens is 1. The van der Waals surface area contributed by atoms with Gasteiger partial charge >= 0.3 is 0 Å². The molecular formula is C18H18N2O2. The van der Waals surface area contributed by atoms with Gasteiger partial charge in [-0.2, -0.15) is 0 Å². The predicted octanol–water partition coefficient (Wildman–Crippen LogP) is 3.16. The summed E-state index contributed by atoms with van der Waals surface area (Å²) in [6.07, 6.45) is 2.99. The minimum Gasteiger partial charge on any atom is -0.508 e. The van der Waals surface area contributed by atoms with E-state index in [2.05, 4.69) is 16.9 Å². The Balaban J connectivity index is 2.00. The van der Waals surface area contributed by atoms with E-state index in [0.29, 0.717) is 5.75 Å². The normalized spacial score (nSPS) is 18.5. The lowest BCUT2D eigenvalue weighted by molar-refractivity contribution is 0.282. The number of aromatic nitrogens is 1. The molecule has 3 aromatic rings. The SMILES string of the molecule is CN1CCc2c[nH]c3ccc(O)c(c23)C1c1ccc(O)cc1. The van der Waals surface area contributed by atoms with E-state index in [0.717, 1.165) is 35.0 Å². The topological polar surface area (TPSA) is 59.5 Å². The number of benzene rings is 2. The van der Waals surface area contributed by atoms with Gasteiger partial charge in [0, 0.05) is 29.2 Å². The third-order valence-electron chi connectivity index (χ3n) is 4.60. The van der Waals surface area contributed by atoms with E-state index in [1.54, 1.807) is 18.2 Å². The molecule has 1 aliphatic heterocycles. The number of phenols is 2. The molecule has 1 atom stereocenters. The standard InChI is InChI=1S/C18H18N2O2/c1-20-9-8-12-10-19-14-6-7-15(22)17(16(12)14)18(20)11-2-4-13(21)5-3-11/h2-7,10,18-19,21-22H,8-9H2,1H3. The molecule has 0 bridgehead atoms.